The zero-order valence-electron chi connectivity index (χ0n) is 17.0. The highest BCUT2D eigenvalue weighted by Crippen LogP contribution is 2.52. The number of rotatable bonds is 5. The van der Waals surface area contributed by atoms with Crippen molar-refractivity contribution in [3.05, 3.63) is 60.0 Å². The molecule has 3 aliphatic heterocycles. The van der Waals surface area contributed by atoms with E-state index in [2.05, 4.69) is 21.5 Å². The minimum absolute atomic E-state index is 0.142. The van der Waals surface area contributed by atoms with E-state index in [9.17, 15) is 9.59 Å². The normalized spacial score (nSPS) is 28.6. The molecule has 2 fully saturated rings. The van der Waals surface area contributed by atoms with Crippen LogP contribution in [0.1, 0.15) is 11.3 Å². The second-order valence-corrected chi connectivity index (χ2v) is 8.52. The molecule has 1 spiro atoms. The molecule has 3 aromatic rings. The van der Waals surface area contributed by atoms with Crippen LogP contribution in [-0.2, 0) is 20.7 Å². The van der Waals surface area contributed by atoms with Gasteiger partial charge in [-0.1, -0.05) is 35.5 Å². The molecule has 2 amide bonds. The predicted octanol–water partition coefficient (Wildman–Crippen LogP) is 2.11. The van der Waals surface area contributed by atoms with Crippen molar-refractivity contribution in [1.29, 1.82) is 0 Å². The number of benzene rings is 1. The van der Waals surface area contributed by atoms with Crippen LogP contribution in [0.4, 0.5) is 5.82 Å². The number of aryl methyl sites for hydroxylation is 1. The van der Waals surface area contributed by atoms with Crippen molar-refractivity contribution < 1.29 is 18.8 Å². The van der Waals surface area contributed by atoms with Gasteiger partial charge in [-0.2, -0.15) is 0 Å². The third-order valence-corrected chi connectivity index (χ3v) is 6.66. The number of hydrogen-bond donors (Lipinski definition) is 2. The number of aromatic nitrogens is 2. The molecule has 8 heteroatoms. The fourth-order valence-electron chi connectivity index (χ4n) is 5.25. The Hall–Kier alpha value is -3.39. The summed E-state index contributed by atoms with van der Waals surface area (Å²) in [5, 5.41) is 8.16. The molecule has 2 aromatic heterocycles. The Bertz CT molecular complexity index is 1230. The zero-order valence-corrected chi connectivity index (χ0v) is 17.0. The second kappa shape index (κ2) is 6.55. The molecule has 158 valence electrons. The highest BCUT2D eigenvalue weighted by atomic mass is 16.5. The van der Waals surface area contributed by atoms with E-state index in [1.807, 2.05) is 36.5 Å². The lowest BCUT2D eigenvalue weighted by Crippen LogP contribution is -2.44. The van der Waals surface area contributed by atoms with Gasteiger partial charge in [0.05, 0.1) is 24.5 Å². The second-order valence-electron chi connectivity index (χ2n) is 8.52. The molecule has 5 heterocycles. The van der Waals surface area contributed by atoms with Crippen LogP contribution in [0.2, 0.25) is 0 Å². The summed E-state index contributed by atoms with van der Waals surface area (Å²) >= 11 is 0. The number of fused-ring (bicyclic) bond motifs is 2. The Kier molecular flexibility index (Phi) is 3.89. The van der Waals surface area contributed by atoms with Crippen molar-refractivity contribution in [2.24, 2.45) is 11.8 Å². The number of H-pyrrole nitrogens is 1. The van der Waals surface area contributed by atoms with Crippen LogP contribution >= 0.6 is 0 Å². The fourth-order valence-corrected chi connectivity index (χ4v) is 5.25. The van der Waals surface area contributed by atoms with E-state index in [4.69, 9.17) is 9.26 Å². The fraction of sp³-hybridized carbons (Fsp3) is 0.348. The summed E-state index contributed by atoms with van der Waals surface area (Å²) in [6, 6.07) is 9.82. The third-order valence-electron chi connectivity index (χ3n) is 6.66. The van der Waals surface area contributed by atoms with Gasteiger partial charge in [0, 0.05) is 29.7 Å². The van der Waals surface area contributed by atoms with Crippen LogP contribution in [0.5, 0.6) is 0 Å². The minimum atomic E-state index is -0.770. The molecular weight excluding hydrogens is 396 g/mol. The molecular formula is C23H22N4O4. The maximum Gasteiger partial charge on any atom is 0.235 e. The monoisotopic (exact) mass is 418 g/mol. The number of nitrogens with one attached hydrogen (secondary N) is 2. The van der Waals surface area contributed by atoms with Gasteiger partial charge in [-0.3, -0.25) is 14.5 Å². The van der Waals surface area contributed by atoms with Gasteiger partial charge in [0.25, 0.3) is 0 Å². The average Bonchev–Trinajstić information content (AvgIpc) is 3.56. The van der Waals surface area contributed by atoms with Crippen molar-refractivity contribution in [3.63, 3.8) is 0 Å². The van der Waals surface area contributed by atoms with Crippen molar-refractivity contribution in [2.45, 2.75) is 25.0 Å². The first-order valence-corrected chi connectivity index (χ1v) is 10.5. The summed E-state index contributed by atoms with van der Waals surface area (Å²) in [6.45, 7) is 2.62. The lowest BCUT2D eigenvalue weighted by molar-refractivity contribution is -0.131. The summed E-state index contributed by atoms with van der Waals surface area (Å²) in [4.78, 5) is 31.2. The molecule has 1 aromatic carbocycles. The van der Waals surface area contributed by atoms with Crippen LogP contribution in [0.25, 0.3) is 10.9 Å². The van der Waals surface area contributed by atoms with Crippen molar-refractivity contribution in [2.75, 3.05) is 18.0 Å². The van der Waals surface area contributed by atoms with E-state index in [-0.39, 0.29) is 17.9 Å². The Balaban J connectivity index is 1.18. The number of amides is 2. The van der Waals surface area contributed by atoms with Gasteiger partial charge in [-0.15, -0.1) is 0 Å². The van der Waals surface area contributed by atoms with E-state index >= 15 is 0 Å². The number of carbonyl (C=O) groups excluding carboxylic acids is 2. The number of hydrogen-bond acceptors (Lipinski definition) is 5. The summed E-state index contributed by atoms with van der Waals surface area (Å²) in [6.07, 6.45) is 6.16. The van der Waals surface area contributed by atoms with Crippen LogP contribution in [0, 0.1) is 18.8 Å². The smallest absolute Gasteiger partial charge is 0.235 e. The molecule has 2 bridgehead atoms. The number of carbonyl (C=O) groups is 2. The largest absolute Gasteiger partial charge is 0.361 e. The number of aromatic amines is 1. The SMILES string of the molecule is Cc1cc(N2C[C@]34C=C[C@H](O3)[C@H](C(=O)NCCc3c[nH]c5ccccc35)[C@@H]4C2=O)no1. The van der Waals surface area contributed by atoms with Gasteiger partial charge in [0.2, 0.25) is 11.8 Å². The van der Waals surface area contributed by atoms with Gasteiger partial charge in [-0.25, -0.2) is 0 Å². The molecule has 0 saturated carbocycles. The highest BCUT2D eigenvalue weighted by Gasteiger charge is 2.67. The predicted molar refractivity (Wildman–Crippen MR) is 112 cm³/mol. The molecule has 3 aliphatic rings. The number of ether oxygens (including phenoxy) is 1. The maximum atomic E-state index is 13.2. The lowest BCUT2D eigenvalue weighted by atomic mass is 9.77. The van der Waals surface area contributed by atoms with E-state index in [0.29, 0.717) is 31.1 Å². The first kappa shape index (κ1) is 18.4. The van der Waals surface area contributed by atoms with Crippen LogP contribution in [-0.4, -0.2) is 46.7 Å². The summed E-state index contributed by atoms with van der Waals surface area (Å²) in [5.41, 5.74) is 1.46. The van der Waals surface area contributed by atoms with E-state index in [1.165, 1.54) is 0 Å². The highest BCUT2D eigenvalue weighted by molar-refractivity contribution is 6.02. The van der Waals surface area contributed by atoms with Crippen LogP contribution in [0.15, 0.2) is 53.2 Å². The molecule has 31 heavy (non-hydrogen) atoms. The van der Waals surface area contributed by atoms with Crippen molar-refractivity contribution >= 4 is 28.5 Å². The standard InChI is InChI=1S/C23H22N4O4/c1-13-10-18(26-31-13)27-12-23-8-6-17(30-23)19(20(23)22(27)29)21(28)24-9-7-14-11-25-16-5-3-2-4-15(14)16/h2-6,8,10-11,17,19-20,25H,7,9,12H2,1H3,(H,24,28)/t17-,19-,20+,23-/m0/s1. The zero-order chi connectivity index (χ0) is 21.2. The molecule has 2 N–H and O–H groups in total. The van der Waals surface area contributed by atoms with Gasteiger partial charge < -0.3 is 19.6 Å². The Morgan fingerprint density at radius 3 is 3.10 bits per heavy atom. The first-order valence-electron chi connectivity index (χ1n) is 10.5. The molecule has 6 rings (SSSR count). The number of para-hydroxylation sites is 1. The van der Waals surface area contributed by atoms with Crippen molar-refractivity contribution in [1.82, 2.24) is 15.5 Å². The maximum absolute atomic E-state index is 13.2. The summed E-state index contributed by atoms with van der Waals surface area (Å²) in [7, 11) is 0. The van der Waals surface area contributed by atoms with Crippen LogP contribution < -0.4 is 10.2 Å². The Morgan fingerprint density at radius 1 is 1.39 bits per heavy atom. The van der Waals surface area contributed by atoms with Gasteiger partial charge in [0.1, 0.15) is 11.4 Å². The van der Waals surface area contributed by atoms with Crippen LogP contribution in [0.3, 0.4) is 0 Å². The van der Waals surface area contributed by atoms with E-state index in [0.717, 1.165) is 16.5 Å². The minimum Gasteiger partial charge on any atom is -0.361 e. The molecule has 4 atom stereocenters. The Morgan fingerprint density at radius 2 is 2.26 bits per heavy atom. The summed E-state index contributed by atoms with van der Waals surface area (Å²) < 4.78 is 11.3. The quantitative estimate of drug-likeness (QED) is 0.618. The average molecular weight is 418 g/mol. The topological polar surface area (TPSA) is 100 Å². The van der Waals surface area contributed by atoms with Gasteiger partial charge in [-0.05, 0) is 25.0 Å². The molecule has 8 nitrogen and oxygen atoms in total. The molecule has 0 unspecified atom stereocenters. The number of anilines is 1. The number of nitrogens with zero attached hydrogens (tertiary/aromatic N) is 2. The Labute approximate surface area is 178 Å². The molecule has 0 aliphatic carbocycles. The van der Waals surface area contributed by atoms with E-state index < -0.39 is 17.4 Å². The van der Waals surface area contributed by atoms with E-state index in [1.54, 1.807) is 17.9 Å². The van der Waals surface area contributed by atoms with Crippen molar-refractivity contribution in [3.8, 4) is 0 Å². The molecule has 2 saturated heterocycles. The lowest BCUT2D eigenvalue weighted by Gasteiger charge is -2.23. The third kappa shape index (κ3) is 2.68. The van der Waals surface area contributed by atoms with Gasteiger partial charge >= 0.3 is 0 Å². The molecule has 0 radical (unpaired) electrons. The summed E-state index contributed by atoms with van der Waals surface area (Å²) in [5.74, 6) is -0.287. The van der Waals surface area contributed by atoms with Gasteiger partial charge in [0.15, 0.2) is 5.82 Å². The first-order chi connectivity index (χ1) is 15.1.